The number of sulfonamides is 1. The van der Waals surface area contributed by atoms with Gasteiger partial charge in [0.2, 0.25) is 0 Å². The maximum atomic E-state index is 13.0. The van der Waals surface area contributed by atoms with E-state index in [1.54, 1.807) is 66.7 Å². The van der Waals surface area contributed by atoms with Crippen molar-refractivity contribution in [2.24, 2.45) is 0 Å². The van der Waals surface area contributed by atoms with E-state index in [4.69, 9.17) is 11.6 Å². The monoisotopic (exact) mass is 440 g/mol. The fourth-order valence-corrected chi connectivity index (χ4v) is 4.47. The summed E-state index contributed by atoms with van der Waals surface area (Å²) in [5, 5.41) is 3.35. The van der Waals surface area contributed by atoms with Crippen LogP contribution in [0.5, 0.6) is 0 Å². The second kappa shape index (κ2) is 9.15. The molecule has 0 aromatic heterocycles. The molecule has 0 fully saturated rings. The first-order chi connectivity index (χ1) is 14.3. The van der Waals surface area contributed by atoms with Crippen LogP contribution in [0.15, 0.2) is 90.3 Å². The van der Waals surface area contributed by atoms with Gasteiger partial charge in [-0.1, -0.05) is 41.9 Å². The zero-order valence-electron chi connectivity index (χ0n) is 16.4. The molecule has 0 bridgehead atoms. The molecule has 154 valence electrons. The van der Waals surface area contributed by atoms with Gasteiger partial charge in [0.05, 0.1) is 17.1 Å². The number of benzene rings is 3. The van der Waals surface area contributed by atoms with Gasteiger partial charge in [-0.25, -0.2) is 8.42 Å². The van der Waals surface area contributed by atoms with Gasteiger partial charge in [-0.15, -0.1) is 6.58 Å². The van der Waals surface area contributed by atoms with Gasteiger partial charge in [0, 0.05) is 16.3 Å². The largest absolute Gasteiger partial charge is 0.322 e. The van der Waals surface area contributed by atoms with E-state index < -0.39 is 10.0 Å². The Morgan fingerprint density at radius 2 is 1.73 bits per heavy atom. The third kappa shape index (κ3) is 4.72. The highest BCUT2D eigenvalue weighted by Gasteiger charge is 2.24. The number of hydrogen-bond donors (Lipinski definition) is 1. The number of rotatable bonds is 7. The van der Waals surface area contributed by atoms with E-state index in [9.17, 15) is 13.2 Å². The van der Waals surface area contributed by atoms with Crippen LogP contribution in [0.25, 0.3) is 0 Å². The summed E-state index contributed by atoms with van der Waals surface area (Å²) in [4.78, 5) is 12.7. The number of carbonyl (C=O) groups is 1. The average Bonchev–Trinajstić information content (AvgIpc) is 2.75. The lowest BCUT2D eigenvalue weighted by Crippen LogP contribution is -2.31. The van der Waals surface area contributed by atoms with Gasteiger partial charge in [0.15, 0.2) is 0 Å². The number of carbonyl (C=O) groups excluding carboxylic acids is 1. The van der Waals surface area contributed by atoms with Crippen LogP contribution in [-0.2, 0) is 10.0 Å². The summed E-state index contributed by atoms with van der Waals surface area (Å²) >= 11 is 6.10. The van der Waals surface area contributed by atoms with Crippen molar-refractivity contribution in [2.45, 2.75) is 11.8 Å². The minimum Gasteiger partial charge on any atom is -0.322 e. The molecule has 5 nitrogen and oxygen atoms in total. The fourth-order valence-electron chi connectivity index (χ4n) is 2.83. The average molecular weight is 441 g/mol. The Balaban J connectivity index is 1.84. The molecular weight excluding hydrogens is 420 g/mol. The molecule has 1 N–H and O–H groups in total. The SMILES string of the molecule is C=CCN(c1ccc(C(=O)Nc2ccc(C)c(Cl)c2)cc1)S(=O)(=O)c1ccccc1. The summed E-state index contributed by atoms with van der Waals surface area (Å²) in [6, 6.07) is 19.8. The predicted molar refractivity (Wildman–Crippen MR) is 122 cm³/mol. The zero-order chi connectivity index (χ0) is 21.7. The number of halogens is 1. The van der Waals surface area contributed by atoms with E-state index >= 15 is 0 Å². The molecule has 1 amide bonds. The first kappa shape index (κ1) is 21.6. The van der Waals surface area contributed by atoms with Crippen LogP contribution >= 0.6 is 11.6 Å². The maximum absolute atomic E-state index is 13.0. The van der Waals surface area contributed by atoms with Gasteiger partial charge in [-0.3, -0.25) is 9.10 Å². The van der Waals surface area contributed by atoms with E-state index in [1.807, 2.05) is 13.0 Å². The molecular formula is C23H21ClN2O3S. The lowest BCUT2D eigenvalue weighted by Gasteiger charge is -2.23. The van der Waals surface area contributed by atoms with Crippen molar-refractivity contribution < 1.29 is 13.2 Å². The molecule has 0 radical (unpaired) electrons. The van der Waals surface area contributed by atoms with Crippen molar-refractivity contribution in [1.82, 2.24) is 0 Å². The van der Waals surface area contributed by atoms with Crippen LogP contribution in [0.1, 0.15) is 15.9 Å². The third-order valence-electron chi connectivity index (χ3n) is 4.47. The Kier molecular flexibility index (Phi) is 6.59. The molecule has 0 aliphatic carbocycles. The van der Waals surface area contributed by atoms with Gasteiger partial charge in [0.1, 0.15) is 0 Å². The van der Waals surface area contributed by atoms with Crippen molar-refractivity contribution in [3.05, 3.63) is 102 Å². The minimum atomic E-state index is -3.76. The van der Waals surface area contributed by atoms with Crippen LogP contribution in [0.4, 0.5) is 11.4 Å². The van der Waals surface area contributed by atoms with E-state index in [-0.39, 0.29) is 17.3 Å². The van der Waals surface area contributed by atoms with Crippen LogP contribution < -0.4 is 9.62 Å². The summed E-state index contributed by atoms with van der Waals surface area (Å²) in [5.74, 6) is -0.317. The maximum Gasteiger partial charge on any atom is 0.264 e. The van der Waals surface area contributed by atoms with Gasteiger partial charge >= 0.3 is 0 Å². The second-order valence-corrected chi connectivity index (χ2v) is 8.87. The van der Waals surface area contributed by atoms with E-state index in [2.05, 4.69) is 11.9 Å². The molecule has 0 atom stereocenters. The van der Waals surface area contributed by atoms with Crippen LogP contribution in [0.2, 0.25) is 5.02 Å². The molecule has 3 aromatic carbocycles. The predicted octanol–water partition coefficient (Wildman–Crippen LogP) is 5.28. The lowest BCUT2D eigenvalue weighted by molar-refractivity contribution is 0.102. The summed E-state index contributed by atoms with van der Waals surface area (Å²) in [5.41, 5.74) is 2.33. The van der Waals surface area contributed by atoms with Crippen molar-refractivity contribution in [3.8, 4) is 0 Å². The number of amides is 1. The second-order valence-electron chi connectivity index (χ2n) is 6.60. The molecule has 0 unspecified atom stereocenters. The quantitative estimate of drug-likeness (QED) is 0.508. The highest BCUT2D eigenvalue weighted by atomic mass is 35.5. The highest BCUT2D eigenvalue weighted by molar-refractivity contribution is 7.92. The summed E-state index contributed by atoms with van der Waals surface area (Å²) in [6.07, 6.45) is 1.52. The fraction of sp³-hybridized carbons (Fsp3) is 0.0870. The molecule has 0 aliphatic heterocycles. The topological polar surface area (TPSA) is 66.5 Å². The lowest BCUT2D eigenvalue weighted by atomic mass is 10.1. The molecule has 0 saturated carbocycles. The number of nitrogens with zero attached hydrogens (tertiary/aromatic N) is 1. The molecule has 7 heteroatoms. The van der Waals surface area contributed by atoms with Gasteiger partial charge < -0.3 is 5.32 Å². The first-order valence-corrected chi connectivity index (χ1v) is 11.0. The Morgan fingerprint density at radius 3 is 2.33 bits per heavy atom. The number of nitrogens with one attached hydrogen (secondary N) is 1. The van der Waals surface area contributed by atoms with Crippen LogP contribution in [0.3, 0.4) is 0 Å². The summed E-state index contributed by atoms with van der Waals surface area (Å²) in [7, 11) is -3.76. The molecule has 0 heterocycles. The summed E-state index contributed by atoms with van der Waals surface area (Å²) in [6.45, 7) is 5.64. The van der Waals surface area contributed by atoms with E-state index in [0.717, 1.165) is 5.56 Å². The summed E-state index contributed by atoms with van der Waals surface area (Å²) < 4.78 is 27.3. The first-order valence-electron chi connectivity index (χ1n) is 9.19. The molecule has 3 rings (SSSR count). The number of aryl methyl sites for hydroxylation is 1. The molecule has 3 aromatic rings. The van der Waals surface area contributed by atoms with Crippen molar-refractivity contribution in [1.29, 1.82) is 0 Å². The zero-order valence-corrected chi connectivity index (χ0v) is 18.0. The standard InChI is InChI=1S/C23H21ClN2O3S/c1-3-15-26(30(28,29)21-7-5-4-6-8-21)20-13-10-18(11-14-20)23(27)25-19-12-9-17(2)22(24)16-19/h3-14,16H,1,15H2,2H3,(H,25,27). The van der Waals surface area contributed by atoms with Gasteiger partial charge in [-0.2, -0.15) is 0 Å². The van der Waals surface area contributed by atoms with Gasteiger partial charge in [-0.05, 0) is 61.0 Å². The van der Waals surface area contributed by atoms with E-state index in [0.29, 0.717) is 22.0 Å². The normalized spacial score (nSPS) is 11.0. The van der Waals surface area contributed by atoms with Crippen molar-refractivity contribution >= 4 is 38.9 Å². The molecule has 0 spiro atoms. The van der Waals surface area contributed by atoms with Gasteiger partial charge in [0.25, 0.3) is 15.9 Å². The number of hydrogen-bond acceptors (Lipinski definition) is 3. The van der Waals surface area contributed by atoms with E-state index in [1.165, 1.54) is 10.4 Å². The third-order valence-corrected chi connectivity index (χ3v) is 6.69. The van der Waals surface area contributed by atoms with Crippen molar-refractivity contribution in [2.75, 3.05) is 16.2 Å². The number of anilines is 2. The van der Waals surface area contributed by atoms with Crippen LogP contribution in [0, 0.1) is 6.92 Å². The molecule has 30 heavy (non-hydrogen) atoms. The Hall–Kier alpha value is -3.09. The van der Waals surface area contributed by atoms with Crippen LogP contribution in [-0.4, -0.2) is 20.9 Å². The Morgan fingerprint density at radius 1 is 1.07 bits per heavy atom. The highest BCUT2D eigenvalue weighted by Crippen LogP contribution is 2.25. The molecule has 0 aliphatic rings. The minimum absolute atomic E-state index is 0.102. The Bertz CT molecular complexity index is 1160. The smallest absolute Gasteiger partial charge is 0.264 e. The Labute approximate surface area is 181 Å². The van der Waals surface area contributed by atoms with Crippen molar-refractivity contribution in [3.63, 3.8) is 0 Å². The molecule has 0 saturated heterocycles.